The second-order valence-corrected chi connectivity index (χ2v) is 16.5. The average molecular weight is 855 g/mol. The lowest BCUT2D eigenvalue weighted by Crippen LogP contribution is -2.10. The summed E-state index contributed by atoms with van der Waals surface area (Å²) < 4.78 is 32.4. The average Bonchev–Trinajstić information content (AvgIpc) is 3.88. The fraction of sp³-hybridized carbons (Fsp3) is 0. The Morgan fingerprint density at radius 3 is 0.970 bits per heavy atom. The van der Waals surface area contributed by atoms with Crippen molar-refractivity contribution in [2.24, 2.45) is 0 Å². The van der Waals surface area contributed by atoms with Crippen LogP contribution in [0.25, 0.3) is 66.1 Å². The van der Waals surface area contributed by atoms with E-state index in [4.69, 9.17) is 0 Å². The van der Waals surface area contributed by atoms with Gasteiger partial charge in [0.15, 0.2) is 0 Å². The van der Waals surface area contributed by atoms with Crippen molar-refractivity contribution < 1.29 is 8.78 Å². The van der Waals surface area contributed by atoms with Gasteiger partial charge in [-0.25, -0.2) is 8.78 Å². The van der Waals surface area contributed by atoms with E-state index in [0.717, 1.165) is 100 Å². The van der Waals surface area contributed by atoms with Crippen LogP contribution in [-0.2, 0) is 0 Å². The molecule has 6 heteroatoms. The van der Waals surface area contributed by atoms with Gasteiger partial charge in [-0.2, -0.15) is 0 Å². The summed E-state index contributed by atoms with van der Waals surface area (Å²) >= 11 is 0. The minimum absolute atomic E-state index is 0.255. The summed E-state index contributed by atoms with van der Waals surface area (Å²) in [6.45, 7) is 0. The first kappa shape index (κ1) is 38.9. The molecule has 0 unspecified atom stereocenters. The van der Waals surface area contributed by atoms with Gasteiger partial charge in [0.25, 0.3) is 0 Å². The van der Waals surface area contributed by atoms with Crippen LogP contribution in [0.3, 0.4) is 0 Å². The summed E-state index contributed by atoms with van der Waals surface area (Å²) in [5.41, 5.74) is 14.5. The second-order valence-electron chi connectivity index (χ2n) is 16.5. The fourth-order valence-electron chi connectivity index (χ4n) is 9.59. The highest BCUT2D eigenvalue weighted by Gasteiger charge is 2.20. The summed E-state index contributed by atoms with van der Waals surface area (Å²) in [5, 5.41) is 4.50. The smallest absolute Gasteiger partial charge is 0.123 e. The van der Waals surface area contributed by atoms with Crippen LogP contribution in [0.4, 0.5) is 42.9 Å². The van der Waals surface area contributed by atoms with Gasteiger partial charge in [-0.15, -0.1) is 0 Å². The molecule has 0 spiro atoms. The Bertz CT molecular complexity index is 3440. The van der Waals surface area contributed by atoms with E-state index in [1.165, 1.54) is 24.3 Å². The number of anilines is 6. The molecule has 0 bridgehead atoms. The summed E-state index contributed by atoms with van der Waals surface area (Å²) in [6, 6.07) is 81.8. The predicted octanol–water partition coefficient (Wildman–Crippen LogP) is 16.8. The summed E-state index contributed by atoms with van der Waals surface area (Å²) in [4.78, 5) is 4.59. The van der Waals surface area contributed by atoms with E-state index >= 15 is 0 Å². The lowest BCUT2D eigenvalue weighted by molar-refractivity contribution is 0.627. The van der Waals surface area contributed by atoms with Gasteiger partial charge >= 0.3 is 0 Å². The number of hydrogen-bond donors (Lipinski definition) is 0. The molecular weight excluding hydrogens is 815 g/mol. The third-order valence-electron chi connectivity index (χ3n) is 12.6. The highest BCUT2D eigenvalue weighted by Crippen LogP contribution is 2.42. The predicted molar refractivity (Wildman–Crippen MR) is 270 cm³/mol. The SMILES string of the molecule is Fc1ccc(-n2c3ccccc3c3cc(N(c4ccccc4)c4ccc(-c5ccc(N(c6ccccc6)c6ccc7c(c6)c6ccccc6n7-c6ccc(F)cc6)cc5)cc4)ccc32)cc1. The highest BCUT2D eigenvalue weighted by atomic mass is 19.1. The van der Waals surface area contributed by atoms with E-state index in [2.05, 4.69) is 189 Å². The monoisotopic (exact) mass is 854 g/mol. The Labute approximate surface area is 380 Å². The van der Waals surface area contributed by atoms with E-state index in [9.17, 15) is 8.78 Å². The van der Waals surface area contributed by atoms with Crippen LogP contribution in [0.1, 0.15) is 0 Å². The molecule has 2 aromatic heterocycles. The zero-order valence-electron chi connectivity index (χ0n) is 35.6. The van der Waals surface area contributed by atoms with Gasteiger partial charge in [0.2, 0.25) is 0 Å². The molecule has 0 aliphatic carbocycles. The Morgan fingerprint density at radius 2 is 0.576 bits per heavy atom. The Kier molecular flexibility index (Phi) is 9.50. The number of rotatable bonds is 9. The zero-order valence-corrected chi connectivity index (χ0v) is 35.6. The van der Waals surface area contributed by atoms with Gasteiger partial charge in [-0.05, 0) is 157 Å². The van der Waals surface area contributed by atoms with Crippen molar-refractivity contribution in [1.29, 1.82) is 0 Å². The summed E-state index contributed by atoms with van der Waals surface area (Å²) in [5.74, 6) is -0.510. The van der Waals surface area contributed by atoms with Crippen molar-refractivity contribution in [2.45, 2.75) is 0 Å². The molecule has 0 amide bonds. The summed E-state index contributed by atoms with van der Waals surface area (Å²) in [6.07, 6.45) is 0. The number of halogens is 2. The van der Waals surface area contributed by atoms with Gasteiger partial charge < -0.3 is 18.9 Å². The number of fused-ring (bicyclic) bond motifs is 6. The third kappa shape index (κ3) is 6.75. The number of hydrogen-bond acceptors (Lipinski definition) is 2. The quantitative estimate of drug-likeness (QED) is 0.144. The summed E-state index contributed by atoms with van der Waals surface area (Å²) in [7, 11) is 0. The molecule has 0 aliphatic heterocycles. The molecule has 0 atom stereocenters. The Balaban J connectivity index is 0.898. The van der Waals surface area contributed by atoms with E-state index < -0.39 is 0 Å². The molecule has 0 fully saturated rings. The van der Waals surface area contributed by atoms with Crippen molar-refractivity contribution in [3.8, 4) is 22.5 Å². The van der Waals surface area contributed by atoms with Gasteiger partial charge in [0.1, 0.15) is 11.6 Å². The van der Waals surface area contributed by atoms with Crippen LogP contribution in [-0.4, -0.2) is 9.13 Å². The van der Waals surface area contributed by atoms with Gasteiger partial charge in [0, 0.05) is 67.0 Å². The third-order valence-corrected chi connectivity index (χ3v) is 12.6. The maximum Gasteiger partial charge on any atom is 0.123 e. The topological polar surface area (TPSA) is 16.3 Å². The zero-order chi connectivity index (χ0) is 44.1. The van der Waals surface area contributed by atoms with Crippen LogP contribution >= 0.6 is 0 Å². The fourth-order valence-corrected chi connectivity index (χ4v) is 9.59. The maximum atomic E-state index is 14.0. The molecule has 0 radical (unpaired) electrons. The molecule has 0 aliphatic rings. The minimum atomic E-state index is -0.255. The molecule has 66 heavy (non-hydrogen) atoms. The largest absolute Gasteiger partial charge is 0.310 e. The highest BCUT2D eigenvalue weighted by molar-refractivity contribution is 6.12. The van der Waals surface area contributed by atoms with Crippen LogP contribution in [0.5, 0.6) is 0 Å². The molecule has 0 saturated carbocycles. The number of aromatic nitrogens is 2. The number of benzene rings is 10. The lowest BCUT2D eigenvalue weighted by Gasteiger charge is -2.26. The molecule has 10 aromatic carbocycles. The van der Waals surface area contributed by atoms with E-state index in [-0.39, 0.29) is 11.6 Å². The van der Waals surface area contributed by atoms with E-state index in [1.807, 2.05) is 48.5 Å². The number of para-hydroxylation sites is 4. The van der Waals surface area contributed by atoms with Crippen LogP contribution in [0.15, 0.2) is 243 Å². The van der Waals surface area contributed by atoms with Crippen LogP contribution < -0.4 is 9.80 Å². The standard InChI is InChI=1S/C60H40F2N4/c61-43-23-31-49(32-24-43)65-57-17-9-7-15-53(57)55-39-51(35-37-59(55)65)63(45-11-3-1-4-12-45)47-27-19-41(20-28-47)42-21-29-48(30-22-42)64(46-13-5-2-6-14-46)52-36-38-60-56(40-52)54-16-8-10-18-58(54)66(60)50-33-25-44(62)26-34-50/h1-40H. The normalized spacial score (nSPS) is 11.5. The van der Waals surface area contributed by atoms with E-state index in [1.54, 1.807) is 0 Å². The van der Waals surface area contributed by atoms with Crippen molar-refractivity contribution in [2.75, 3.05) is 9.80 Å². The first-order valence-corrected chi connectivity index (χ1v) is 22.0. The molecule has 12 aromatic rings. The molecule has 12 rings (SSSR count). The molecule has 0 N–H and O–H groups in total. The van der Waals surface area contributed by atoms with Crippen LogP contribution in [0, 0.1) is 11.6 Å². The van der Waals surface area contributed by atoms with Crippen LogP contribution in [0.2, 0.25) is 0 Å². The maximum absolute atomic E-state index is 14.0. The van der Waals surface area contributed by atoms with E-state index in [0.29, 0.717) is 0 Å². The van der Waals surface area contributed by atoms with Crippen molar-refractivity contribution in [3.05, 3.63) is 254 Å². The van der Waals surface area contributed by atoms with Gasteiger partial charge in [0.05, 0.1) is 22.1 Å². The molecule has 4 nitrogen and oxygen atoms in total. The molecule has 2 heterocycles. The van der Waals surface area contributed by atoms with Crippen molar-refractivity contribution in [3.63, 3.8) is 0 Å². The molecule has 0 saturated heterocycles. The second kappa shape index (κ2) is 16.1. The van der Waals surface area contributed by atoms with Crippen molar-refractivity contribution >= 4 is 77.7 Å². The molecular formula is C60H40F2N4. The van der Waals surface area contributed by atoms with Gasteiger partial charge in [-0.1, -0.05) is 97.1 Å². The molecule has 314 valence electrons. The number of nitrogens with zero attached hydrogens (tertiary/aromatic N) is 4. The lowest BCUT2D eigenvalue weighted by atomic mass is 10.0. The first-order valence-electron chi connectivity index (χ1n) is 22.0. The minimum Gasteiger partial charge on any atom is -0.310 e. The van der Waals surface area contributed by atoms with Gasteiger partial charge in [-0.3, -0.25) is 0 Å². The first-order chi connectivity index (χ1) is 32.6. The Hall–Kier alpha value is -8.74. The Morgan fingerprint density at radius 1 is 0.258 bits per heavy atom. The van der Waals surface area contributed by atoms with Crippen molar-refractivity contribution in [1.82, 2.24) is 9.13 Å².